The molecule has 40 heavy (non-hydrogen) atoms. The standard InChI is InChI=1S/C28H50FN5O4Si2/c1-28(2,3)38-27(35)32-12-10-11-22(19-32)23-17-26(34-25(30-23)18-24(29)31-34)33(20-36-13-15-39(4,5)6)21-37-14-16-40(7,8)9/h17-18,22H,10-16,19-21H2,1-9H3. The number of carbonyl (C=O) groups is 1. The lowest BCUT2D eigenvalue weighted by Gasteiger charge is -2.34. The number of rotatable bonds is 12. The molecule has 0 saturated carbocycles. The van der Waals surface area contributed by atoms with E-state index in [1.54, 1.807) is 4.90 Å². The van der Waals surface area contributed by atoms with Crippen molar-refractivity contribution in [3.05, 3.63) is 23.8 Å². The Bertz CT molecular complexity index is 1100. The Morgan fingerprint density at radius 1 is 1.05 bits per heavy atom. The second kappa shape index (κ2) is 13.3. The van der Waals surface area contributed by atoms with Crippen molar-refractivity contribution in [2.75, 3.05) is 44.7 Å². The molecule has 0 spiro atoms. The molecule has 0 bridgehead atoms. The van der Waals surface area contributed by atoms with Gasteiger partial charge in [0.15, 0.2) is 5.65 Å². The van der Waals surface area contributed by atoms with Crippen molar-refractivity contribution in [2.45, 2.75) is 96.5 Å². The van der Waals surface area contributed by atoms with Crippen LogP contribution in [0.4, 0.5) is 15.0 Å². The van der Waals surface area contributed by atoms with E-state index < -0.39 is 27.7 Å². The van der Waals surface area contributed by atoms with Gasteiger partial charge in [0.1, 0.15) is 24.9 Å². The van der Waals surface area contributed by atoms with Gasteiger partial charge < -0.3 is 24.0 Å². The van der Waals surface area contributed by atoms with Crippen LogP contribution >= 0.6 is 0 Å². The summed E-state index contributed by atoms with van der Waals surface area (Å²) in [6.07, 6.45) is 1.39. The highest BCUT2D eigenvalue weighted by atomic mass is 28.3. The van der Waals surface area contributed by atoms with Gasteiger partial charge in [-0.15, -0.1) is 5.10 Å². The summed E-state index contributed by atoms with van der Waals surface area (Å²) in [5.41, 5.74) is 0.660. The van der Waals surface area contributed by atoms with Gasteiger partial charge in [-0.05, 0) is 45.7 Å². The van der Waals surface area contributed by atoms with Gasteiger partial charge in [-0.25, -0.2) is 9.78 Å². The average molecular weight is 596 g/mol. The molecule has 1 unspecified atom stereocenters. The average Bonchev–Trinajstić information content (AvgIpc) is 3.20. The lowest BCUT2D eigenvalue weighted by Crippen LogP contribution is -2.42. The van der Waals surface area contributed by atoms with Gasteiger partial charge in [-0.1, -0.05) is 39.3 Å². The van der Waals surface area contributed by atoms with E-state index in [1.165, 1.54) is 10.6 Å². The molecule has 2 aromatic heterocycles. The molecule has 226 valence electrons. The van der Waals surface area contributed by atoms with Crippen molar-refractivity contribution < 1.29 is 23.4 Å². The molecular weight excluding hydrogens is 546 g/mol. The molecule has 3 rings (SSSR count). The van der Waals surface area contributed by atoms with Crippen LogP contribution in [-0.4, -0.2) is 87.1 Å². The Kier molecular flexibility index (Phi) is 10.8. The van der Waals surface area contributed by atoms with Gasteiger partial charge in [0.2, 0.25) is 5.95 Å². The summed E-state index contributed by atoms with van der Waals surface area (Å²) >= 11 is 0. The largest absolute Gasteiger partial charge is 0.444 e. The van der Waals surface area contributed by atoms with Gasteiger partial charge in [-0.2, -0.15) is 8.91 Å². The highest BCUT2D eigenvalue weighted by Gasteiger charge is 2.30. The number of likely N-dealkylation sites (tertiary alicyclic amines) is 1. The summed E-state index contributed by atoms with van der Waals surface area (Å²) in [6, 6.07) is 5.39. The van der Waals surface area contributed by atoms with Crippen LogP contribution in [0.2, 0.25) is 51.4 Å². The zero-order chi connectivity index (χ0) is 29.7. The quantitative estimate of drug-likeness (QED) is 0.159. The Balaban J connectivity index is 1.87. The molecule has 0 aromatic carbocycles. The fourth-order valence-corrected chi connectivity index (χ4v) is 5.88. The zero-order valence-electron chi connectivity index (χ0n) is 26.1. The minimum Gasteiger partial charge on any atom is -0.444 e. The maximum Gasteiger partial charge on any atom is 0.410 e. The van der Waals surface area contributed by atoms with Gasteiger partial charge >= 0.3 is 6.09 Å². The molecule has 2 aromatic rings. The Morgan fingerprint density at radius 3 is 2.20 bits per heavy atom. The van der Waals surface area contributed by atoms with Crippen molar-refractivity contribution in [1.29, 1.82) is 0 Å². The molecule has 1 amide bonds. The fourth-order valence-electron chi connectivity index (χ4n) is 4.37. The van der Waals surface area contributed by atoms with E-state index in [1.807, 2.05) is 31.7 Å². The molecule has 1 saturated heterocycles. The predicted octanol–water partition coefficient (Wildman–Crippen LogP) is 6.41. The fraction of sp³-hybridized carbons (Fsp3) is 0.750. The van der Waals surface area contributed by atoms with Gasteiger partial charge in [0.05, 0.1) is 5.69 Å². The first kappa shape index (κ1) is 32.5. The number of aromatic nitrogens is 3. The maximum atomic E-state index is 14.4. The van der Waals surface area contributed by atoms with Crippen LogP contribution in [0.15, 0.2) is 12.1 Å². The summed E-state index contributed by atoms with van der Waals surface area (Å²) in [7, 11) is -2.51. The topological polar surface area (TPSA) is 81.4 Å². The number of piperidine rings is 1. The third-order valence-electron chi connectivity index (χ3n) is 6.70. The number of halogens is 1. The third-order valence-corrected chi connectivity index (χ3v) is 10.1. The summed E-state index contributed by atoms with van der Waals surface area (Å²) in [6.45, 7) is 22.6. The predicted molar refractivity (Wildman–Crippen MR) is 163 cm³/mol. The lowest BCUT2D eigenvalue weighted by atomic mass is 9.94. The van der Waals surface area contributed by atoms with Gasteiger partial charge in [-0.3, -0.25) is 0 Å². The second-order valence-corrected chi connectivity index (χ2v) is 25.5. The van der Waals surface area contributed by atoms with Crippen molar-refractivity contribution in [3.63, 3.8) is 0 Å². The highest BCUT2D eigenvalue weighted by Crippen LogP contribution is 2.30. The highest BCUT2D eigenvalue weighted by molar-refractivity contribution is 6.76. The molecule has 0 radical (unpaired) electrons. The van der Waals surface area contributed by atoms with E-state index in [4.69, 9.17) is 19.2 Å². The summed E-state index contributed by atoms with van der Waals surface area (Å²) in [5, 5.41) is 4.10. The Hall–Kier alpha value is -2.03. The van der Waals surface area contributed by atoms with E-state index >= 15 is 0 Å². The molecule has 12 heteroatoms. The van der Waals surface area contributed by atoms with Crippen LogP contribution in [0, 0.1) is 5.95 Å². The number of nitrogens with zero attached hydrogens (tertiary/aromatic N) is 5. The van der Waals surface area contributed by atoms with Crippen molar-refractivity contribution in [3.8, 4) is 0 Å². The minimum atomic E-state index is -1.25. The lowest BCUT2D eigenvalue weighted by molar-refractivity contribution is 0.0197. The van der Waals surface area contributed by atoms with Gasteiger partial charge in [0, 0.05) is 60.5 Å². The SMILES string of the molecule is CC(C)(C)OC(=O)N1CCCC(c2cc(N(COCC[Si](C)(C)C)COCC[Si](C)(C)C)n3nc(F)cc3n2)C1. The smallest absolute Gasteiger partial charge is 0.410 e. The summed E-state index contributed by atoms with van der Waals surface area (Å²) in [4.78, 5) is 21.3. The normalized spacial score (nSPS) is 16.9. The summed E-state index contributed by atoms with van der Waals surface area (Å²) < 4.78 is 33.8. The molecule has 0 aliphatic carbocycles. The first-order chi connectivity index (χ1) is 18.5. The number of carbonyl (C=O) groups excluding carboxylic acids is 1. The van der Waals surface area contributed by atoms with Crippen molar-refractivity contribution in [1.82, 2.24) is 19.5 Å². The molecule has 0 N–H and O–H groups in total. The first-order valence-corrected chi connectivity index (χ1v) is 21.9. The van der Waals surface area contributed by atoms with E-state index in [2.05, 4.69) is 44.4 Å². The van der Waals surface area contributed by atoms with Crippen LogP contribution in [0.1, 0.15) is 45.2 Å². The number of ether oxygens (including phenoxy) is 3. The van der Waals surface area contributed by atoms with E-state index in [-0.39, 0.29) is 12.0 Å². The Labute approximate surface area is 241 Å². The molecule has 9 nitrogen and oxygen atoms in total. The van der Waals surface area contributed by atoms with Crippen molar-refractivity contribution >= 4 is 33.7 Å². The number of hydrogen-bond acceptors (Lipinski definition) is 7. The minimum absolute atomic E-state index is 0.00884. The molecular formula is C28H50FN5O4Si2. The van der Waals surface area contributed by atoms with E-state index in [9.17, 15) is 9.18 Å². The van der Waals surface area contributed by atoms with Crippen LogP contribution in [0.5, 0.6) is 0 Å². The van der Waals surface area contributed by atoms with E-state index in [0.29, 0.717) is 51.2 Å². The maximum absolute atomic E-state index is 14.4. The number of anilines is 1. The monoisotopic (exact) mass is 595 g/mol. The third kappa shape index (κ3) is 10.4. The van der Waals surface area contributed by atoms with Crippen LogP contribution in [-0.2, 0) is 14.2 Å². The molecule has 1 fully saturated rings. The zero-order valence-corrected chi connectivity index (χ0v) is 28.1. The van der Waals surface area contributed by atoms with Gasteiger partial charge in [0.25, 0.3) is 0 Å². The van der Waals surface area contributed by atoms with Crippen LogP contribution in [0.3, 0.4) is 0 Å². The summed E-state index contributed by atoms with van der Waals surface area (Å²) in [5.74, 6) is 0.0638. The number of amides is 1. The Morgan fingerprint density at radius 2 is 1.65 bits per heavy atom. The first-order valence-electron chi connectivity index (χ1n) is 14.5. The number of fused-ring (bicyclic) bond motifs is 1. The van der Waals surface area contributed by atoms with Crippen molar-refractivity contribution in [2.24, 2.45) is 0 Å². The molecule has 3 heterocycles. The van der Waals surface area contributed by atoms with E-state index in [0.717, 1.165) is 30.6 Å². The number of hydrogen-bond donors (Lipinski definition) is 0. The molecule has 1 atom stereocenters. The van der Waals surface area contributed by atoms with Crippen LogP contribution < -0.4 is 4.90 Å². The molecule has 1 aliphatic heterocycles. The van der Waals surface area contributed by atoms with Crippen LogP contribution in [0.25, 0.3) is 5.65 Å². The second-order valence-electron chi connectivity index (χ2n) is 14.3. The molecule has 1 aliphatic rings.